The first kappa shape index (κ1) is 12.4. The predicted molar refractivity (Wildman–Crippen MR) is 62.5 cm³/mol. The largest absolute Gasteiger partial charge is 0.351 e. The van der Waals surface area contributed by atoms with Crippen LogP contribution in [0.15, 0.2) is 0 Å². The number of nitrogens with one attached hydrogen (secondary N) is 1. The minimum atomic E-state index is -0.261. The normalized spacial score (nSPS) is 27.0. The predicted octanol–water partition coefficient (Wildman–Crippen LogP) is 2.08. The van der Waals surface area contributed by atoms with Crippen LogP contribution in [0.3, 0.4) is 0 Å². The first-order chi connectivity index (χ1) is 7.12. The van der Waals surface area contributed by atoms with Crippen molar-refractivity contribution >= 4 is 17.7 Å². The summed E-state index contributed by atoms with van der Waals surface area (Å²) < 4.78 is -0.261. The van der Waals surface area contributed by atoms with Gasteiger partial charge in [-0.1, -0.05) is 6.92 Å². The molecule has 1 aliphatic rings. The van der Waals surface area contributed by atoms with E-state index in [1.807, 2.05) is 13.8 Å². The molecule has 1 N–H and O–H groups in total. The quantitative estimate of drug-likeness (QED) is 0.798. The molecule has 1 aliphatic heterocycles. The van der Waals surface area contributed by atoms with Crippen molar-refractivity contribution in [3.05, 3.63) is 0 Å². The van der Waals surface area contributed by atoms with E-state index in [1.165, 1.54) is 0 Å². The molecule has 0 aromatic rings. The van der Waals surface area contributed by atoms with Gasteiger partial charge in [0.15, 0.2) is 0 Å². The molecule has 0 aromatic carbocycles. The minimum absolute atomic E-state index is 0.0144. The van der Waals surface area contributed by atoms with Gasteiger partial charge >= 0.3 is 0 Å². The molecular formula is C11H18N2OS. The van der Waals surface area contributed by atoms with E-state index in [4.69, 9.17) is 5.26 Å². The third-order valence-electron chi connectivity index (χ3n) is 2.86. The Bertz CT molecular complexity index is 266. The summed E-state index contributed by atoms with van der Waals surface area (Å²) in [6.07, 6.45) is 3.29. The summed E-state index contributed by atoms with van der Waals surface area (Å²) in [6, 6.07) is 2.12. The second kappa shape index (κ2) is 5.41. The highest BCUT2D eigenvalue weighted by atomic mass is 32.2. The second-order valence-electron chi connectivity index (χ2n) is 4.12. The van der Waals surface area contributed by atoms with E-state index in [-0.39, 0.29) is 16.7 Å². The lowest BCUT2D eigenvalue weighted by molar-refractivity contribution is -0.123. The first-order valence-electron chi connectivity index (χ1n) is 5.44. The van der Waals surface area contributed by atoms with E-state index in [1.54, 1.807) is 11.8 Å². The van der Waals surface area contributed by atoms with Gasteiger partial charge in [-0.05, 0) is 31.9 Å². The number of hydrogen-bond acceptors (Lipinski definition) is 3. The Morgan fingerprint density at radius 1 is 1.73 bits per heavy atom. The highest BCUT2D eigenvalue weighted by molar-refractivity contribution is 8.01. The van der Waals surface area contributed by atoms with E-state index in [0.29, 0.717) is 6.42 Å². The lowest BCUT2D eigenvalue weighted by atomic mass is 10.0. The van der Waals surface area contributed by atoms with Gasteiger partial charge in [0.05, 0.1) is 17.2 Å². The van der Waals surface area contributed by atoms with E-state index >= 15 is 0 Å². The molecule has 0 spiro atoms. The smallest absolute Gasteiger partial charge is 0.236 e. The zero-order valence-corrected chi connectivity index (χ0v) is 10.2. The summed E-state index contributed by atoms with van der Waals surface area (Å²) in [6.45, 7) is 3.99. The fraction of sp³-hybridized carbons (Fsp3) is 0.818. The van der Waals surface area contributed by atoms with Crippen molar-refractivity contribution in [3.8, 4) is 6.07 Å². The molecule has 15 heavy (non-hydrogen) atoms. The van der Waals surface area contributed by atoms with Crippen LogP contribution < -0.4 is 5.32 Å². The van der Waals surface area contributed by atoms with Gasteiger partial charge in [0, 0.05) is 6.04 Å². The summed E-state index contributed by atoms with van der Waals surface area (Å²) in [7, 11) is 0. The molecule has 0 saturated carbocycles. The van der Waals surface area contributed by atoms with Gasteiger partial charge in [0.1, 0.15) is 0 Å². The van der Waals surface area contributed by atoms with Gasteiger partial charge in [-0.25, -0.2) is 0 Å². The van der Waals surface area contributed by atoms with Crippen molar-refractivity contribution in [1.82, 2.24) is 5.32 Å². The van der Waals surface area contributed by atoms with Gasteiger partial charge in [-0.2, -0.15) is 5.26 Å². The summed E-state index contributed by atoms with van der Waals surface area (Å²) in [5, 5.41) is 11.6. The lowest BCUT2D eigenvalue weighted by Crippen LogP contribution is -2.45. The van der Waals surface area contributed by atoms with Crippen molar-refractivity contribution < 1.29 is 4.79 Å². The zero-order valence-electron chi connectivity index (χ0n) is 9.38. The van der Waals surface area contributed by atoms with Crippen LogP contribution in [0.25, 0.3) is 0 Å². The van der Waals surface area contributed by atoms with Gasteiger partial charge < -0.3 is 5.32 Å². The van der Waals surface area contributed by atoms with Crippen LogP contribution in [0.2, 0.25) is 0 Å². The zero-order chi connectivity index (χ0) is 11.3. The number of carbonyl (C=O) groups excluding carboxylic acids is 1. The van der Waals surface area contributed by atoms with Crippen LogP contribution in [0.4, 0.5) is 0 Å². The second-order valence-corrected chi connectivity index (χ2v) is 5.72. The van der Waals surface area contributed by atoms with Gasteiger partial charge in [0.25, 0.3) is 0 Å². The molecule has 0 radical (unpaired) electrons. The molecule has 2 unspecified atom stereocenters. The monoisotopic (exact) mass is 226 g/mol. The number of nitriles is 1. The van der Waals surface area contributed by atoms with Crippen molar-refractivity contribution in [2.24, 2.45) is 0 Å². The number of amides is 1. The first-order valence-corrected chi connectivity index (χ1v) is 6.43. The van der Waals surface area contributed by atoms with E-state index in [9.17, 15) is 4.79 Å². The molecule has 3 nitrogen and oxygen atoms in total. The van der Waals surface area contributed by atoms with Crippen LogP contribution in [0.1, 0.15) is 39.5 Å². The number of rotatable bonds is 4. The van der Waals surface area contributed by atoms with Crippen molar-refractivity contribution in [2.45, 2.75) is 50.3 Å². The van der Waals surface area contributed by atoms with Gasteiger partial charge in [0.2, 0.25) is 5.91 Å². The molecule has 1 rings (SSSR count). The molecule has 1 fully saturated rings. The average molecular weight is 226 g/mol. The molecule has 1 heterocycles. The molecule has 0 aromatic heterocycles. The third-order valence-corrected chi connectivity index (χ3v) is 4.38. The fourth-order valence-electron chi connectivity index (χ4n) is 1.70. The van der Waals surface area contributed by atoms with Crippen molar-refractivity contribution in [1.29, 1.82) is 5.26 Å². The van der Waals surface area contributed by atoms with Crippen LogP contribution >= 0.6 is 11.8 Å². The molecule has 0 aliphatic carbocycles. The number of hydrogen-bond donors (Lipinski definition) is 1. The summed E-state index contributed by atoms with van der Waals surface area (Å²) in [5.74, 6) is 1.17. The Labute approximate surface area is 95.6 Å². The molecule has 1 saturated heterocycles. The van der Waals surface area contributed by atoms with Crippen molar-refractivity contribution in [3.63, 3.8) is 0 Å². The van der Waals surface area contributed by atoms with Crippen LogP contribution in [0.5, 0.6) is 0 Å². The topological polar surface area (TPSA) is 52.9 Å². The average Bonchev–Trinajstić information content (AvgIpc) is 2.65. The van der Waals surface area contributed by atoms with Gasteiger partial charge in [-0.3, -0.25) is 4.79 Å². The van der Waals surface area contributed by atoms with E-state index in [2.05, 4.69) is 11.4 Å². The Balaban J connectivity index is 2.50. The Morgan fingerprint density at radius 3 is 2.93 bits per heavy atom. The lowest BCUT2D eigenvalue weighted by Gasteiger charge is -2.24. The standard InChI is InChI=1S/C11H18N2OS/c1-3-9(5-7-12)13-10(14)11(2)6-4-8-15-11/h9H,3-6,8H2,1-2H3,(H,13,14). The van der Waals surface area contributed by atoms with Crippen LogP contribution in [0, 0.1) is 11.3 Å². The Morgan fingerprint density at radius 2 is 2.47 bits per heavy atom. The molecule has 4 heteroatoms. The van der Waals surface area contributed by atoms with Gasteiger partial charge in [-0.15, -0.1) is 11.8 Å². The van der Waals surface area contributed by atoms with Crippen LogP contribution in [-0.4, -0.2) is 22.4 Å². The van der Waals surface area contributed by atoms with Crippen molar-refractivity contribution in [2.75, 3.05) is 5.75 Å². The fourth-order valence-corrected chi connectivity index (χ4v) is 2.92. The highest BCUT2D eigenvalue weighted by Gasteiger charge is 2.37. The maximum atomic E-state index is 12.0. The Hall–Kier alpha value is -0.690. The maximum Gasteiger partial charge on any atom is 0.236 e. The summed E-state index contributed by atoms with van der Waals surface area (Å²) in [5.41, 5.74) is 0. The molecule has 0 bridgehead atoms. The molecule has 1 amide bonds. The minimum Gasteiger partial charge on any atom is -0.351 e. The molecular weight excluding hydrogens is 208 g/mol. The molecule has 2 atom stereocenters. The summed E-state index contributed by atoms with van der Waals surface area (Å²) >= 11 is 1.73. The number of carbonyl (C=O) groups is 1. The SMILES string of the molecule is CCC(CC#N)NC(=O)C1(C)CCCS1. The number of thioether (sulfide) groups is 1. The maximum absolute atomic E-state index is 12.0. The highest BCUT2D eigenvalue weighted by Crippen LogP contribution is 2.37. The van der Waals surface area contributed by atoms with E-state index < -0.39 is 0 Å². The molecule has 84 valence electrons. The van der Waals surface area contributed by atoms with E-state index in [0.717, 1.165) is 25.0 Å². The van der Waals surface area contributed by atoms with Crippen LogP contribution in [-0.2, 0) is 4.79 Å². The third kappa shape index (κ3) is 3.13. The Kier molecular flexibility index (Phi) is 4.46. The number of nitrogens with zero attached hydrogens (tertiary/aromatic N) is 1. The summed E-state index contributed by atoms with van der Waals surface area (Å²) in [4.78, 5) is 12.0.